The third-order valence-corrected chi connectivity index (χ3v) is 4.25. The van der Waals surface area contributed by atoms with Crippen molar-refractivity contribution in [3.8, 4) is 0 Å². The van der Waals surface area contributed by atoms with Crippen molar-refractivity contribution in [2.24, 2.45) is 0 Å². The first-order chi connectivity index (χ1) is 10.3. The van der Waals surface area contributed by atoms with Gasteiger partial charge in [-0.1, -0.05) is 0 Å². The molecule has 0 aromatic carbocycles. The van der Waals surface area contributed by atoms with Crippen LogP contribution in [0.3, 0.4) is 0 Å². The summed E-state index contributed by atoms with van der Waals surface area (Å²) in [5.74, 6) is 0. The minimum atomic E-state index is 0.537. The van der Waals surface area contributed by atoms with E-state index in [-0.39, 0.29) is 0 Å². The van der Waals surface area contributed by atoms with Crippen LogP contribution in [0, 0.1) is 0 Å². The molecule has 0 unspecified atom stereocenters. The molecule has 2 aromatic heterocycles. The molecule has 1 saturated heterocycles. The molecule has 1 aliphatic rings. The summed E-state index contributed by atoms with van der Waals surface area (Å²) in [6, 6.07) is 6.81. The Labute approximate surface area is 133 Å². The number of halogens is 1. The SMILES string of the molecule is Brc1cncc(NC2CCN(Cc3ccncc3)CC2)c1. The number of anilines is 1. The highest BCUT2D eigenvalue weighted by Gasteiger charge is 2.19. The van der Waals surface area contributed by atoms with Crippen LogP contribution in [0.15, 0.2) is 47.5 Å². The van der Waals surface area contributed by atoms with Gasteiger partial charge in [-0.2, -0.15) is 0 Å². The zero-order valence-electron chi connectivity index (χ0n) is 11.9. The first kappa shape index (κ1) is 14.5. The van der Waals surface area contributed by atoms with Crippen molar-refractivity contribution in [2.75, 3.05) is 18.4 Å². The third kappa shape index (κ3) is 4.25. The molecule has 110 valence electrons. The van der Waals surface area contributed by atoms with E-state index >= 15 is 0 Å². The van der Waals surface area contributed by atoms with Gasteiger partial charge in [0.2, 0.25) is 0 Å². The fourth-order valence-corrected chi connectivity index (χ4v) is 3.07. The number of pyridine rings is 2. The van der Waals surface area contributed by atoms with Crippen molar-refractivity contribution in [1.82, 2.24) is 14.9 Å². The van der Waals surface area contributed by atoms with E-state index in [0.29, 0.717) is 6.04 Å². The Morgan fingerprint density at radius 1 is 1.14 bits per heavy atom. The van der Waals surface area contributed by atoms with Crippen molar-refractivity contribution < 1.29 is 0 Å². The van der Waals surface area contributed by atoms with Gasteiger partial charge in [0.1, 0.15) is 0 Å². The van der Waals surface area contributed by atoms with Gasteiger partial charge in [-0.25, -0.2) is 0 Å². The quantitative estimate of drug-likeness (QED) is 0.921. The average Bonchev–Trinajstić information content (AvgIpc) is 2.50. The van der Waals surface area contributed by atoms with Crippen LogP contribution in [-0.4, -0.2) is 34.0 Å². The second-order valence-corrected chi connectivity index (χ2v) is 6.36. The normalized spacial score (nSPS) is 16.8. The van der Waals surface area contributed by atoms with Gasteiger partial charge in [-0.3, -0.25) is 14.9 Å². The van der Waals surface area contributed by atoms with Crippen LogP contribution in [-0.2, 0) is 6.54 Å². The lowest BCUT2D eigenvalue weighted by atomic mass is 10.0. The first-order valence-electron chi connectivity index (χ1n) is 7.28. The molecule has 21 heavy (non-hydrogen) atoms. The predicted octanol–water partition coefficient (Wildman–Crippen LogP) is 3.32. The molecule has 0 radical (unpaired) electrons. The lowest BCUT2D eigenvalue weighted by Gasteiger charge is -2.32. The first-order valence-corrected chi connectivity index (χ1v) is 8.07. The maximum Gasteiger partial charge on any atom is 0.0540 e. The van der Waals surface area contributed by atoms with Crippen LogP contribution in [0.25, 0.3) is 0 Å². The molecule has 0 atom stereocenters. The Morgan fingerprint density at radius 3 is 2.62 bits per heavy atom. The van der Waals surface area contributed by atoms with Gasteiger partial charge in [0.15, 0.2) is 0 Å². The van der Waals surface area contributed by atoms with Crippen LogP contribution < -0.4 is 5.32 Å². The fourth-order valence-electron chi connectivity index (χ4n) is 2.71. The van der Waals surface area contributed by atoms with E-state index in [2.05, 4.69) is 54.3 Å². The maximum atomic E-state index is 4.19. The largest absolute Gasteiger partial charge is 0.381 e. The maximum absolute atomic E-state index is 4.19. The number of likely N-dealkylation sites (tertiary alicyclic amines) is 1. The molecule has 0 bridgehead atoms. The molecule has 0 aliphatic carbocycles. The second kappa shape index (κ2) is 7.00. The van der Waals surface area contributed by atoms with Gasteiger partial charge in [0, 0.05) is 48.7 Å². The van der Waals surface area contributed by atoms with Crippen molar-refractivity contribution in [2.45, 2.75) is 25.4 Å². The van der Waals surface area contributed by atoms with Gasteiger partial charge in [-0.15, -0.1) is 0 Å². The standard InChI is InChI=1S/C16H19BrN4/c17-14-9-16(11-19-10-14)20-15-3-7-21(8-4-15)12-13-1-5-18-6-2-13/h1-2,5-6,9-11,15,20H,3-4,7-8,12H2. The number of piperidine rings is 1. The molecular weight excluding hydrogens is 328 g/mol. The molecule has 0 spiro atoms. The zero-order chi connectivity index (χ0) is 14.5. The summed E-state index contributed by atoms with van der Waals surface area (Å²) in [6.07, 6.45) is 9.75. The van der Waals surface area contributed by atoms with Crippen molar-refractivity contribution in [1.29, 1.82) is 0 Å². The topological polar surface area (TPSA) is 41.1 Å². The van der Waals surface area contributed by atoms with Crippen molar-refractivity contribution in [3.63, 3.8) is 0 Å². The molecule has 0 amide bonds. The van der Waals surface area contributed by atoms with Crippen molar-refractivity contribution >= 4 is 21.6 Å². The van der Waals surface area contributed by atoms with Gasteiger partial charge in [-0.05, 0) is 52.5 Å². The lowest BCUT2D eigenvalue weighted by molar-refractivity contribution is 0.211. The predicted molar refractivity (Wildman–Crippen MR) is 88.1 cm³/mol. The summed E-state index contributed by atoms with van der Waals surface area (Å²) < 4.78 is 1.02. The second-order valence-electron chi connectivity index (χ2n) is 5.44. The number of nitrogens with one attached hydrogen (secondary N) is 1. The molecule has 2 aromatic rings. The molecule has 5 heteroatoms. The number of rotatable bonds is 4. The third-order valence-electron chi connectivity index (χ3n) is 3.82. The lowest BCUT2D eigenvalue weighted by Crippen LogP contribution is -2.38. The average molecular weight is 347 g/mol. The molecule has 0 saturated carbocycles. The van der Waals surface area contributed by atoms with E-state index in [1.54, 1.807) is 0 Å². The molecule has 1 fully saturated rings. The minimum absolute atomic E-state index is 0.537. The highest BCUT2D eigenvalue weighted by atomic mass is 79.9. The minimum Gasteiger partial charge on any atom is -0.381 e. The molecule has 1 N–H and O–H groups in total. The van der Waals surface area contributed by atoms with E-state index in [4.69, 9.17) is 0 Å². The zero-order valence-corrected chi connectivity index (χ0v) is 13.5. The molecule has 3 rings (SSSR count). The number of hydrogen-bond acceptors (Lipinski definition) is 4. The Bertz CT molecular complexity index is 567. The molecule has 3 heterocycles. The van der Waals surface area contributed by atoms with Crippen LogP contribution in [0.1, 0.15) is 18.4 Å². The molecule has 1 aliphatic heterocycles. The Hall–Kier alpha value is -1.46. The monoisotopic (exact) mass is 346 g/mol. The Balaban J connectivity index is 1.49. The van der Waals surface area contributed by atoms with Gasteiger partial charge < -0.3 is 5.32 Å². The van der Waals surface area contributed by atoms with Gasteiger partial charge >= 0.3 is 0 Å². The van der Waals surface area contributed by atoms with E-state index < -0.39 is 0 Å². The van der Waals surface area contributed by atoms with Crippen molar-refractivity contribution in [3.05, 3.63) is 53.0 Å². The summed E-state index contributed by atoms with van der Waals surface area (Å²) in [5, 5.41) is 3.58. The highest BCUT2D eigenvalue weighted by molar-refractivity contribution is 9.10. The highest BCUT2D eigenvalue weighted by Crippen LogP contribution is 2.19. The van der Waals surface area contributed by atoms with Crippen LogP contribution in [0.4, 0.5) is 5.69 Å². The van der Waals surface area contributed by atoms with Gasteiger partial charge in [0.05, 0.1) is 11.9 Å². The van der Waals surface area contributed by atoms with E-state index in [1.807, 2.05) is 24.8 Å². The summed E-state index contributed by atoms with van der Waals surface area (Å²) >= 11 is 3.46. The van der Waals surface area contributed by atoms with E-state index in [1.165, 1.54) is 5.56 Å². The van der Waals surface area contributed by atoms with E-state index in [9.17, 15) is 0 Å². The Morgan fingerprint density at radius 2 is 1.90 bits per heavy atom. The fraction of sp³-hybridized carbons (Fsp3) is 0.375. The number of hydrogen-bond donors (Lipinski definition) is 1. The summed E-state index contributed by atoms with van der Waals surface area (Å²) in [7, 11) is 0. The number of aromatic nitrogens is 2. The molecular formula is C16H19BrN4. The summed E-state index contributed by atoms with van der Waals surface area (Å²) in [4.78, 5) is 10.8. The Kier molecular flexibility index (Phi) is 4.83. The smallest absolute Gasteiger partial charge is 0.0540 e. The van der Waals surface area contributed by atoms with E-state index in [0.717, 1.165) is 42.6 Å². The van der Waals surface area contributed by atoms with Gasteiger partial charge in [0.25, 0.3) is 0 Å². The van der Waals surface area contributed by atoms with Crippen LogP contribution >= 0.6 is 15.9 Å². The summed E-state index contributed by atoms with van der Waals surface area (Å²) in [6.45, 7) is 3.27. The van der Waals surface area contributed by atoms with Crippen LogP contribution in [0.5, 0.6) is 0 Å². The summed E-state index contributed by atoms with van der Waals surface area (Å²) in [5.41, 5.74) is 2.43. The van der Waals surface area contributed by atoms with Crippen LogP contribution in [0.2, 0.25) is 0 Å². The number of nitrogens with zero attached hydrogens (tertiary/aromatic N) is 3. The molecule has 4 nitrogen and oxygen atoms in total.